The van der Waals surface area contributed by atoms with Gasteiger partial charge in [-0.2, -0.15) is 6.08 Å². The Bertz CT molecular complexity index is 217. The molecule has 2 N–H and O–H groups in total. The summed E-state index contributed by atoms with van der Waals surface area (Å²) in [7, 11) is 0. The second-order valence-electron chi connectivity index (χ2n) is 3.63. The van der Waals surface area contributed by atoms with Crippen molar-refractivity contribution in [1.29, 1.82) is 0 Å². The van der Waals surface area contributed by atoms with Crippen LogP contribution in [0.3, 0.4) is 0 Å². The van der Waals surface area contributed by atoms with E-state index in [9.17, 15) is 4.79 Å². The van der Waals surface area contributed by atoms with Crippen LogP contribution in [-0.4, -0.2) is 16.9 Å². The smallest absolute Gasteiger partial charge is 1.00 e. The van der Waals surface area contributed by atoms with Gasteiger partial charge in [-0.1, -0.05) is 32.6 Å². The molecule has 0 aromatic heterocycles. The normalized spacial score (nSPS) is 9.74. The molecule has 0 saturated carbocycles. The van der Waals surface area contributed by atoms with Gasteiger partial charge in [0.2, 0.25) is 5.91 Å². The van der Waals surface area contributed by atoms with Gasteiger partial charge in [0.15, 0.2) is 0 Å². The van der Waals surface area contributed by atoms with Gasteiger partial charge in [-0.15, -0.1) is 6.42 Å². The van der Waals surface area contributed by atoms with Gasteiger partial charge in [-0.25, -0.2) is 12.2 Å². The van der Waals surface area contributed by atoms with Crippen molar-refractivity contribution < 1.29 is 48.2 Å². The number of unbranched alkanes of at least 4 members (excludes halogenated alkanes) is 4. The van der Waals surface area contributed by atoms with Crippen molar-refractivity contribution in [2.75, 3.05) is 0 Å². The summed E-state index contributed by atoms with van der Waals surface area (Å²) in [5.74, 6) is -0.170. The molecule has 1 amide bonds. The Hall–Kier alpha value is 0.331. The fourth-order valence-electron chi connectivity index (χ4n) is 1.24. The minimum absolute atomic E-state index is 0. The van der Waals surface area contributed by atoms with Crippen LogP contribution >= 0.6 is 0 Å². The number of rotatable bonds is 6. The molecule has 2 nitrogen and oxygen atoms in total. The zero-order valence-electron chi connectivity index (χ0n) is 11.9. The van der Waals surface area contributed by atoms with Crippen LogP contribution in [0.15, 0.2) is 18.2 Å². The number of hydrogen-bond acceptors (Lipinski definition) is 1. The van der Waals surface area contributed by atoms with Crippen LogP contribution in [0.5, 0.6) is 0 Å². The Kier molecular flexibility index (Phi) is 44.6. The van der Waals surface area contributed by atoms with Crippen LogP contribution < -0.4 is 30.5 Å². The van der Waals surface area contributed by atoms with E-state index in [1.807, 2.05) is 12.2 Å². The van der Waals surface area contributed by atoms with E-state index in [0.717, 1.165) is 19.3 Å². The molecule has 1 aliphatic rings. The Morgan fingerprint density at radius 3 is 2.11 bits per heavy atom. The fraction of sp³-hybridized carbons (Fsp3) is 0.615. The van der Waals surface area contributed by atoms with Crippen molar-refractivity contribution in [3.05, 3.63) is 24.3 Å². The molecule has 19 heavy (non-hydrogen) atoms. The zero-order chi connectivity index (χ0) is 11.4. The maximum absolute atomic E-state index is 10.3. The first-order chi connectivity index (χ1) is 7.27. The second kappa shape index (κ2) is 26.8. The van der Waals surface area contributed by atoms with E-state index in [1.54, 1.807) is 0 Å². The van der Waals surface area contributed by atoms with Gasteiger partial charge in [0, 0.05) is 6.42 Å². The van der Waals surface area contributed by atoms with Crippen molar-refractivity contribution in [2.45, 2.75) is 51.9 Å². The van der Waals surface area contributed by atoms with Gasteiger partial charge in [0.05, 0.1) is 0 Å². The van der Waals surface area contributed by atoms with Crippen LogP contribution in [0.4, 0.5) is 0 Å². The number of carbonyl (C=O) groups is 1. The predicted molar refractivity (Wildman–Crippen MR) is 74.1 cm³/mol. The number of primary amides is 1. The van der Waals surface area contributed by atoms with Gasteiger partial charge < -0.3 is 30.5 Å². The third-order valence-electron chi connectivity index (χ3n) is 2.11. The van der Waals surface area contributed by atoms with Gasteiger partial charge in [0.1, 0.15) is 0 Å². The van der Waals surface area contributed by atoms with Crippen molar-refractivity contribution in [1.82, 2.24) is 0 Å². The molecule has 1 rings (SSSR count). The number of hydrogen-bond donors (Lipinski definition) is 1. The van der Waals surface area contributed by atoms with E-state index in [2.05, 4.69) is 19.1 Å². The van der Waals surface area contributed by atoms with E-state index < -0.39 is 0 Å². The standard InChI is InChI=1S/C8H17NO.C5H5.2ClH.H3Si.V/c1-2-3-4-5-6-7-8(9)10;1-2-4-5-3-1;;;;/h2-7H2,1H3,(H2,9,10);1-3H,4H2;2*1H;1H3;/q;-1;;;;+2/p-2. The van der Waals surface area contributed by atoms with E-state index in [4.69, 9.17) is 5.73 Å². The summed E-state index contributed by atoms with van der Waals surface area (Å²) in [6, 6.07) is 0. The molecule has 0 bridgehead atoms. The Morgan fingerprint density at radius 1 is 1.21 bits per heavy atom. The molecule has 0 fully saturated rings. The number of halogens is 2. The van der Waals surface area contributed by atoms with Crippen molar-refractivity contribution in [3.63, 3.8) is 0 Å². The summed E-state index contributed by atoms with van der Waals surface area (Å²) >= 11 is 0. The molecule has 0 saturated heterocycles. The van der Waals surface area contributed by atoms with Crippen LogP contribution in [0, 0.1) is 6.08 Å². The summed E-state index contributed by atoms with van der Waals surface area (Å²) in [6.45, 7) is 2.17. The number of allylic oxidation sites excluding steroid dienone is 4. The van der Waals surface area contributed by atoms with Crippen molar-refractivity contribution in [2.24, 2.45) is 5.73 Å². The Morgan fingerprint density at radius 2 is 1.79 bits per heavy atom. The zero-order valence-corrected chi connectivity index (χ0v) is 16.8. The molecule has 0 spiro atoms. The van der Waals surface area contributed by atoms with E-state index in [0.29, 0.717) is 6.42 Å². The number of amides is 1. The Balaban J connectivity index is -0.0000000633. The van der Waals surface area contributed by atoms with Gasteiger partial charge >= 0.3 is 18.6 Å². The molecule has 6 heteroatoms. The van der Waals surface area contributed by atoms with Crippen LogP contribution in [0.2, 0.25) is 0 Å². The number of carbonyl (C=O) groups excluding carboxylic acids is 1. The summed E-state index contributed by atoms with van der Waals surface area (Å²) in [5.41, 5.74) is 4.97. The molecular formula is C13H25Cl2NOSiV-. The molecule has 112 valence electrons. The van der Waals surface area contributed by atoms with Crippen LogP contribution in [0.25, 0.3) is 0 Å². The van der Waals surface area contributed by atoms with E-state index in [-0.39, 0.29) is 60.2 Å². The molecule has 0 atom stereocenters. The third kappa shape index (κ3) is 32.2. The molecule has 0 aliphatic heterocycles. The molecule has 2 radical (unpaired) electrons. The maximum Gasteiger partial charge on any atom is 2.00 e. The monoisotopic (exact) mass is 360 g/mol. The quantitative estimate of drug-likeness (QED) is 0.292. The second-order valence-corrected chi connectivity index (χ2v) is 3.63. The number of nitrogens with two attached hydrogens (primary N) is 1. The van der Waals surface area contributed by atoms with Crippen molar-refractivity contribution in [3.8, 4) is 0 Å². The first-order valence-electron chi connectivity index (χ1n) is 5.77. The topological polar surface area (TPSA) is 43.1 Å². The first-order valence-corrected chi connectivity index (χ1v) is 5.77. The summed E-state index contributed by atoms with van der Waals surface area (Å²) in [5, 5.41) is 0. The van der Waals surface area contributed by atoms with Crippen LogP contribution in [-0.2, 0) is 23.4 Å². The van der Waals surface area contributed by atoms with Gasteiger partial charge in [-0.05, 0) is 17.4 Å². The molecule has 0 heterocycles. The van der Waals surface area contributed by atoms with Crippen molar-refractivity contribution >= 4 is 16.9 Å². The molecule has 0 aromatic carbocycles. The average Bonchev–Trinajstić information content (AvgIpc) is 2.75. The predicted octanol–water partition coefficient (Wildman–Crippen LogP) is -4.04. The maximum atomic E-state index is 10.3. The molecule has 1 aliphatic carbocycles. The molecule has 0 aromatic rings. The fourth-order valence-corrected chi connectivity index (χ4v) is 1.24. The SMILES string of the molecule is CCCCCCCC(N)=O.[C-]1=CC=CC1.[Cl-].[Cl-].[SiH3].[V+2]. The molecular weight excluding hydrogens is 336 g/mol. The summed E-state index contributed by atoms with van der Waals surface area (Å²) in [6.07, 6.45) is 16.4. The summed E-state index contributed by atoms with van der Waals surface area (Å²) in [4.78, 5) is 10.3. The minimum atomic E-state index is -0.170. The van der Waals surface area contributed by atoms with E-state index in [1.165, 1.54) is 19.3 Å². The Labute approximate surface area is 146 Å². The van der Waals surface area contributed by atoms with Gasteiger partial charge in [0.25, 0.3) is 0 Å². The van der Waals surface area contributed by atoms with E-state index >= 15 is 0 Å². The summed E-state index contributed by atoms with van der Waals surface area (Å²) < 4.78 is 0. The first kappa shape index (κ1) is 31.6. The largest absolute Gasteiger partial charge is 2.00 e. The van der Waals surface area contributed by atoms with Gasteiger partial charge in [-0.3, -0.25) is 10.9 Å². The average molecular weight is 361 g/mol. The third-order valence-corrected chi connectivity index (χ3v) is 2.11. The van der Waals surface area contributed by atoms with Crippen LogP contribution in [0.1, 0.15) is 51.9 Å². The minimum Gasteiger partial charge on any atom is -1.00 e. The molecule has 0 unspecified atom stereocenters.